The van der Waals surface area contributed by atoms with Crippen LogP contribution in [0.15, 0.2) is 22.8 Å². The first-order valence-electron chi connectivity index (χ1n) is 7.84. The molecule has 2 heterocycles. The lowest BCUT2D eigenvalue weighted by atomic mass is 9.96. The molecule has 118 valence electrons. The van der Waals surface area contributed by atoms with E-state index in [-0.39, 0.29) is 12.1 Å². The van der Waals surface area contributed by atoms with Gasteiger partial charge in [0, 0.05) is 19.6 Å². The van der Waals surface area contributed by atoms with Crippen LogP contribution in [0.2, 0.25) is 0 Å². The molecule has 1 aliphatic heterocycles. The summed E-state index contributed by atoms with van der Waals surface area (Å²) in [5.74, 6) is 1.53. The summed E-state index contributed by atoms with van der Waals surface area (Å²) in [7, 11) is 3.99. The summed E-state index contributed by atoms with van der Waals surface area (Å²) in [6, 6.07) is 3.94. The van der Waals surface area contributed by atoms with Crippen molar-refractivity contribution in [2.24, 2.45) is 5.92 Å². The first-order valence-corrected chi connectivity index (χ1v) is 7.84. The van der Waals surface area contributed by atoms with Gasteiger partial charge in [0.1, 0.15) is 5.76 Å². The Labute approximate surface area is 127 Å². The van der Waals surface area contributed by atoms with Crippen molar-refractivity contribution in [1.29, 1.82) is 0 Å². The summed E-state index contributed by atoms with van der Waals surface area (Å²) in [5, 5.41) is 3.05. The number of carbonyl (C=O) groups is 1. The van der Waals surface area contributed by atoms with Crippen LogP contribution in [0.4, 0.5) is 4.79 Å². The number of amides is 2. The molecular weight excluding hydrogens is 266 g/mol. The van der Waals surface area contributed by atoms with E-state index in [1.165, 1.54) is 6.42 Å². The lowest BCUT2D eigenvalue weighted by Crippen LogP contribution is -2.47. The van der Waals surface area contributed by atoms with E-state index in [0.29, 0.717) is 12.5 Å². The minimum Gasteiger partial charge on any atom is -0.468 e. The van der Waals surface area contributed by atoms with E-state index in [1.54, 1.807) is 6.26 Å². The van der Waals surface area contributed by atoms with E-state index in [9.17, 15) is 4.79 Å². The maximum Gasteiger partial charge on any atom is 0.317 e. The first-order chi connectivity index (χ1) is 10.1. The van der Waals surface area contributed by atoms with E-state index in [4.69, 9.17) is 4.42 Å². The van der Waals surface area contributed by atoms with Gasteiger partial charge in [0.25, 0.3) is 0 Å². The highest BCUT2D eigenvalue weighted by molar-refractivity contribution is 5.74. The second kappa shape index (κ2) is 7.50. The molecule has 5 nitrogen and oxygen atoms in total. The molecule has 5 heteroatoms. The average molecular weight is 293 g/mol. The molecule has 1 N–H and O–H groups in total. The van der Waals surface area contributed by atoms with Crippen LogP contribution in [0, 0.1) is 5.92 Å². The van der Waals surface area contributed by atoms with Crippen molar-refractivity contribution in [3.05, 3.63) is 24.2 Å². The molecule has 1 aromatic heterocycles. The number of hydrogen-bond donors (Lipinski definition) is 1. The number of carbonyl (C=O) groups excluding carboxylic acids is 1. The van der Waals surface area contributed by atoms with Crippen molar-refractivity contribution in [2.45, 2.75) is 32.2 Å². The smallest absolute Gasteiger partial charge is 0.317 e. The van der Waals surface area contributed by atoms with Crippen LogP contribution < -0.4 is 5.32 Å². The highest BCUT2D eigenvalue weighted by Crippen LogP contribution is 2.20. The van der Waals surface area contributed by atoms with E-state index >= 15 is 0 Å². The quantitative estimate of drug-likeness (QED) is 0.908. The normalized spacial score (nSPS) is 20.6. The molecule has 1 aliphatic rings. The monoisotopic (exact) mass is 293 g/mol. The third-order valence-corrected chi connectivity index (χ3v) is 4.33. The maximum absolute atomic E-state index is 12.3. The molecule has 0 aromatic carbocycles. The van der Waals surface area contributed by atoms with Gasteiger partial charge in [0.2, 0.25) is 0 Å². The highest BCUT2D eigenvalue weighted by atomic mass is 16.3. The van der Waals surface area contributed by atoms with Crippen LogP contribution in [-0.2, 0) is 0 Å². The largest absolute Gasteiger partial charge is 0.468 e. The Kier molecular flexibility index (Phi) is 5.67. The molecule has 1 fully saturated rings. The molecule has 2 unspecified atom stereocenters. The van der Waals surface area contributed by atoms with Gasteiger partial charge in [-0.3, -0.25) is 4.90 Å². The van der Waals surface area contributed by atoms with Gasteiger partial charge in [-0.05, 0) is 45.0 Å². The van der Waals surface area contributed by atoms with Crippen LogP contribution >= 0.6 is 0 Å². The summed E-state index contributed by atoms with van der Waals surface area (Å²) in [4.78, 5) is 16.3. The number of nitrogens with one attached hydrogen (secondary N) is 1. The molecule has 2 amide bonds. The van der Waals surface area contributed by atoms with Gasteiger partial charge in [-0.1, -0.05) is 13.3 Å². The topological polar surface area (TPSA) is 48.7 Å². The Morgan fingerprint density at radius 2 is 2.38 bits per heavy atom. The van der Waals surface area contributed by atoms with Gasteiger partial charge in [0.15, 0.2) is 0 Å². The molecule has 0 bridgehead atoms. The zero-order valence-electron chi connectivity index (χ0n) is 13.3. The Morgan fingerprint density at radius 1 is 1.57 bits per heavy atom. The van der Waals surface area contributed by atoms with Crippen LogP contribution in [0.1, 0.15) is 38.0 Å². The molecule has 1 aromatic rings. The fourth-order valence-electron chi connectivity index (χ4n) is 2.90. The number of piperidine rings is 1. The minimum atomic E-state index is 0.0477. The second-order valence-corrected chi connectivity index (χ2v) is 6.04. The SMILES string of the molecule is CCC1CCCN(C(=O)NCC(c2ccco2)N(C)C)C1. The Morgan fingerprint density at radius 3 is 3.00 bits per heavy atom. The summed E-state index contributed by atoms with van der Waals surface area (Å²) in [6.07, 6.45) is 5.18. The molecule has 0 aliphatic carbocycles. The number of furan rings is 1. The van der Waals surface area contributed by atoms with Gasteiger partial charge in [-0.2, -0.15) is 0 Å². The van der Waals surface area contributed by atoms with E-state index in [1.807, 2.05) is 31.1 Å². The Bertz CT molecular complexity index is 431. The van der Waals surface area contributed by atoms with Gasteiger partial charge in [0.05, 0.1) is 12.3 Å². The standard InChI is InChI=1S/C16H27N3O2/c1-4-13-7-5-9-19(12-13)16(20)17-11-14(18(2)3)15-8-6-10-21-15/h6,8,10,13-14H,4-5,7,9,11-12H2,1-3H3,(H,17,20). The van der Waals surface area contributed by atoms with E-state index < -0.39 is 0 Å². The summed E-state index contributed by atoms with van der Waals surface area (Å²) >= 11 is 0. The number of likely N-dealkylation sites (N-methyl/N-ethyl adjacent to an activating group) is 1. The number of urea groups is 1. The lowest BCUT2D eigenvalue weighted by molar-refractivity contribution is 0.159. The molecule has 1 saturated heterocycles. The molecule has 0 saturated carbocycles. The third kappa shape index (κ3) is 4.24. The minimum absolute atomic E-state index is 0.0477. The number of rotatable bonds is 5. The zero-order valence-corrected chi connectivity index (χ0v) is 13.3. The molecule has 2 atom stereocenters. The van der Waals surface area contributed by atoms with Gasteiger partial charge in [-0.25, -0.2) is 4.79 Å². The van der Waals surface area contributed by atoms with Crippen molar-refractivity contribution in [1.82, 2.24) is 15.1 Å². The number of nitrogens with zero attached hydrogens (tertiary/aromatic N) is 2. The second-order valence-electron chi connectivity index (χ2n) is 6.04. The summed E-state index contributed by atoms with van der Waals surface area (Å²) in [6.45, 7) is 4.52. The summed E-state index contributed by atoms with van der Waals surface area (Å²) < 4.78 is 5.46. The van der Waals surface area contributed by atoms with Gasteiger partial charge in [-0.15, -0.1) is 0 Å². The van der Waals surface area contributed by atoms with Crippen molar-refractivity contribution in [3.8, 4) is 0 Å². The van der Waals surface area contributed by atoms with Crippen LogP contribution in [0.3, 0.4) is 0 Å². The number of likely N-dealkylation sites (tertiary alicyclic amines) is 1. The first kappa shape index (κ1) is 15.9. The maximum atomic E-state index is 12.3. The molecule has 0 spiro atoms. The van der Waals surface area contributed by atoms with Crippen molar-refractivity contribution >= 4 is 6.03 Å². The van der Waals surface area contributed by atoms with E-state index in [0.717, 1.165) is 31.7 Å². The van der Waals surface area contributed by atoms with Crippen molar-refractivity contribution < 1.29 is 9.21 Å². The Hall–Kier alpha value is -1.49. The highest BCUT2D eigenvalue weighted by Gasteiger charge is 2.24. The summed E-state index contributed by atoms with van der Waals surface area (Å²) in [5.41, 5.74) is 0. The van der Waals surface area contributed by atoms with E-state index in [2.05, 4.69) is 17.1 Å². The average Bonchev–Trinajstić information content (AvgIpc) is 3.01. The van der Waals surface area contributed by atoms with Crippen LogP contribution in [-0.4, -0.2) is 49.6 Å². The predicted molar refractivity (Wildman–Crippen MR) is 83.1 cm³/mol. The number of hydrogen-bond acceptors (Lipinski definition) is 3. The van der Waals surface area contributed by atoms with Crippen molar-refractivity contribution in [2.75, 3.05) is 33.7 Å². The fourth-order valence-corrected chi connectivity index (χ4v) is 2.90. The molecule has 2 rings (SSSR count). The third-order valence-electron chi connectivity index (χ3n) is 4.33. The van der Waals surface area contributed by atoms with Gasteiger partial charge < -0.3 is 14.6 Å². The fraction of sp³-hybridized carbons (Fsp3) is 0.688. The van der Waals surface area contributed by atoms with Crippen LogP contribution in [0.5, 0.6) is 0 Å². The lowest BCUT2D eigenvalue weighted by Gasteiger charge is -2.33. The molecule has 21 heavy (non-hydrogen) atoms. The molecule has 0 radical (unpaired) electrons. The predicted octanol–water partition coefficient (Wildman–Crippen LogP) is 2.71. The van der Waals surface area contributed by atoms with Gasteiger partial charge >= 0.3 is 6.03 Å². The van der Waals surface area contributed by atoms with Crippen LogP contribution in [0.25, 0.3) is 0 Å². The van der Waals surface area contributed by atoms with Crippen molar-refractivity contribution in [3.63, 3.8) is 0 Å². The zero-order chi connectivity index (χ0) is 15.2. The molecular formula is C16H27N3O2. The Balaban J connectivity index is 1.87.